The molecule has 2 rings (SSSR count). The molecule has 0 saturated heterocycles. The summed E-state index contributed by atoms with van der Waals surface area (Å²) in [4.78, 5) is 23.2. The summed E-state index contributed by atoms with van der Waals surface area (Å²) in [5.41, 5.74) is 0.114. The molecule has 2 aliphatic rings. The Morgan fingerprint density at radius 1 is 1.35 bits per heavy atom. The molecule has 2 amide bonds. The van der Waals surface area contributed by atoms with Crippen molar-refractivity contribution in [3.8, 4) is 0 Å². The highest BCUT2D eigenvalue weighted by molar-refractivity contribution is 5.84. The van der Waals surface area contributed by atoms with Gasteiger partial charge in [0.15, 0.2) is 0 Å². The van der Waals surface area contributed by atoms with Crippen LogP contribution >= 0.6 is 0 Å². The lowest BCUT2D eigenvalue weighted by atomic mass is 9.97. The average molecular weight is 238 g/mol. The van der Waals surface area contributed by atoms with E-state index in [1.165, 1.54) is 12.8 Å². The second-order valence-electron chi connectivity index (χ2n) is 6.17. The number of nitrogens with one attached hydrogen (secondary N) is 2. The van der Waals surface area contributed by atoms with Crippen LogP contribution in [-0.2, 0) is 9.59 Å². The summed E-state index contributed by atoms with van der Waals surface area (Å²) in [6.07, 6.45) is 4.66. The Bertz CT molecular complexity index is 345. The molecule has 4 heteroatoms. The molecule has 0 aromatic rings. The van der Waals surface area contributed by atoms with Gasteiger partial charge in [0.25, 0.3) is 0 Å². The maximum atomic E-state index is 12.0. The van der Waals surface area contributed by atoms with E-state index in [9.17, 15) is 9.59 Å². The van der Waals surface area contributed by atoms with Gasteiger partial charge in [-0.25, -0.2) is 0 Å². The quantitative estimate of drug-likeness (QED) is 0.756. The van der Waals surface area contributed by atoms with E-state index in [1.807, 2.05) is 13.8 Å². The molecule has 1 spiro atoms. The molecule has 0 aromatic heterocycles. The molecule has 2 saturated carbocycles. The number of carbonyl (C=O) groups excluding carboxylic acids is 2. The average Bonchev–Trinajstić information content (AvgIpc) is 3.16. The minimum Gasteiger partial charge on any atom is -0.359 e. The van der Waals surface area contributed by atoms with Crippen LogP contribution in [0.25, 0.3) is 0 Å². The van der Waals surface area contributed by atoms with Crippen molar-refractivity contribution >= 4 is 11.8 Å². The molecule has 0 heterocycles. The van der Waals surface area contributed by atoms with E-state index in [-0.39, 0.29) is 23.3 Å². The standard InChI is InChI=1S/C13H22N2O2/c1-12(2,5-4-10(16)14-3)15-11(17)9-8-13(9)6-7-13/h9H,4-8H2,1-3H3,(H,14,16)(H,15,17)/t9-/m0/s1. The lowest BCUT2D eigenvalue weighted by Gasteiger charge is -2.26. The lowest BCUT2D eigenvalue weighted by molar-refractivity contribution is -0.125. The van der Waals surface area contributed by atoms with Crippen LogP contribution < -0.4 is 10.6 Å². The van der Waals surface area contributed by atoms with E-state index in [1.54, 1.807) is 7.05 Å². The first kappa shape index (κ1) is 12.4. The molecule has 0 aliphatic heterocycles. The van der Waals surface area contributed by atoms with E-state index < -0.39 is 0 Å². The summed E-state index contributed by atoms with van der Waals surface area (Å²) >= 11 is 0. The fourth-order valence-electron chi connectivity index (χ4n) is 2.47. The third-order valence-corrected chi connectivity index (χ3v) is 4.12. The Morgan fingerprint density at radius 3 is 2.47 bits per heavy atom. The van der Waals surface area contributed by atoms with Gasteiger partial charge in [0, 0.05) is 24.9 Å². The molecule has 96 valence electrons. The Balaban J connectivity index is 1.76. The number of hydrogen-bond donors (Lipinski definition) is 2. The molecular formula is C13H22N2O2. The summed E-state index contributed by atoms with van der Waals surface area (Å²) in [5, 5.41) is 5.67. The zero-order chi connectivity index (χ0) is 12.7. The monoisotopic (exact) mass is 238 g/mol. The van der Waals surface area contributed by atoms with Gasteiger partial charge in [0.2, 0.25) is 11.8 Å². The first-order valence-corrected chi connectivity index (χ1v) is 6.41. The fraction of sp³-hybridized carbons (Fsp3) is 0.846. The van der Waals surface area contributed by atoms with Gasteiger partial charge in [-0.05, 0) is 44.9 Å². The Morgan fingerprint density at radius 2 is 2.00 bits per heavy atom. The smallest absolute Gasteiger partial charge is 0.224 e. The van der Waals surface area contributed by atoms with Gasteiger partial charge >= 0.3 is 0 Å². The van der Waals surface area contributed by atoms with Crippen molar-refractivity contribution in [1.82, 2.24) is 10.6 Å². The molecule has 0 bridgehead atoms. The van der Waals surface area contributed by atoms with Gasteiger partial charge in [-0.1, -0.05) is 0 Å². The van der Waals surface area contributed by atoms with Crippen LogP contribution in [0.5, 0.6) is 0 Å². The lowest BCUT2D eigenvalue weighted by Crippen LogP contribution is -2.45. The fourth-order valence-corrected chi connectivity index (χ4v) is 2.47. The highest BCUT2D eigenvalue weighted by Gasteiger charge is 2.65. The van der Waals surface area contributed by atoms with Crippen molar-refractivity contribution in [1.29, 1.82) is 0 Å². The molecule has 0 aromatic carbocycles. The highest BCUT2D eigenvalue weighted by atomic mass is 16.2. The van der Waals surface area contributed by atoms with E-state index in [2.05, 4.69) is 10.6 Å². The van der Waals surface area contributed by atoms with Crippen molar-refractivity contribution in [2.75, 3.05) is 7.05 Å². The molecule has 17 heavy (non-hydrogen) atoms. The van der Waals surface area contributed by atoms with Gasteiger partial charge in [-0.15, -0.1) is 0 Å². The molecule has 2 fully saturated rings. The third-order valence-electron chi connectivity index (χ3n) is 4.12. The van der Waals surface area contributed by atoms with Crippen LogP contribution in [0.1, 0.15) is 46.0 Å². The van der Waals surface area contributed by atoms with Crippen molar-refractivity contribution < 1.29 is 9.59 Å². The zero-order valence-corrected chi connectivity index (χ0v) is 10.9. The summed E-state index contributed by atoms with van der Waals surface area (Å²) in [6, 6.07) is 0. The normalized spacial score (nSPS) is 24.3. The number of amides is 2. The van der Waals surface area contributed by atoms with Crippen molar-refractivity contribution in [3.63, 3.8) is 0 Å². The maximum Gasteiger partial charge on any atom is 0.224 e. The number of carbonyl (C=O) groups is 2. The topological polar surface area (TPSA) is 58.2 Å². The number of rotatable bonds is 5. The van der Waals surface area contributed by atoms with Gasteiger partial charge in [-0.3, -0.25) is 9.59 Å². The zero-order valence-electron chi connectivity index (χ0n) is 10.9. The summed E-state index contributed by atoms with van der Waals surface area (Å²) in [5.74, 6) is 0.462. The molecule has 0 radical (unpaired) electrons. The third kappa shape index (κ3) is 2.79. The van der Waals surface area contributed by atoms with Crippen LogP contribution in [0, 0.1) is 11.3 Å². The second-order valence-corrected chi connectivity index (χ2v) is 6.17. The van der Waals surface area contributed by atoms with Crippen molar-refractivity contribution in [2.45, 2.75) is 51.5 Å². The van der Waals surface area contributed by atoms with Crippen LogP contribution in [0.2, 0.25) is 0 Å². The molecule has 4 nitrogen and oxygen atoms in total. The van der Waals surface area contributed by atoms with E-state index in [0.717, 1.165) is 6.42 Å². The largest absolute Gasteiger partial charge is 0.359 e. The van der Waals surface area contributed by atoms with E-state index in [4.69, 9.17) is 0 Å². The first-order valence-electron chi connectivity index (χ1n) is 6.41. The molecular weight excluding hydrogens is 216 g/mol. The molecule has 2 N–H and O–H groups in total. The predicted octanol–water partition coefficient (Wildman–Crippen LogP) is 1.21. The molecule has 1 atom stereocenters. The summed E-state index contributed by atoms with van der Waals surface area (Å²) < 4.78 is 0. The SMILES string of the molecule is CNC(=O)CCC(C)(C)NC(=O)[C@@H]1CC12CC2. The van der Waals surface area contributed by atoms with E-state index in [0.29, 0.717) is 18.3 Å². The van der Waals surface area contributed by atoms with Gasteiger partial charge in [0.05, 0.1) is 0 Å². The number of hydrogen-bond acceptors (Lipinski definition) is 2. The van der Waals surface area contributed by atoms with Crippen molar-refractivity contribution in [3.05, 3.63) is 0 Å². The van der Waals surface area contributed by atoms with Gasteiger partial charge in [0.1, 0.15) is 0 Å². The van der Waals surface area contributed by atoms with Crippen LogP contribution in [0.15, 0.2) is 0 Å². The van der Waals surface area contributed by atoms with Crippen LogP contribution in [-0.4, -0.2) is 24.4 Å². The molecule has 0 unspecified atom stereocenters. The Labute approximate surface area is 103 Å². The summed E-state index contributed by atoms with van der Waals surface area (Å²) in [7, 11) is 1.63. The maximum absolute atomic E-state index is 12.0. The van der Waals surface area contributed by atoms with E-state index >= 15 is 0 Å². The minimum atomic E-state index is -0.289. The minimum absolute atomic E-state index is 0.0254. The molecule has 2 aliphatic carbocycles. The highest BCUT2D eigenvalue weighted by Crippen LogP contribution is 2.70. The van der Waals surface area contributed by atoms with Gasteiger partial charge in [-0.2, -0.15) is 0 Å². The first-order chi connectivity index (χ1) is 7.88. The predicted molar refractivity (Wildman–Crippen MR) is 65.3 cm³/mol. The Kier molecular flexibility index (Phi) is 2.92. The van der Waals surface area contributed by atoms with Crippen LogP contribution in [0.3, 0.4) is 0 Å². The van der Waals surface area contributed by atoms with Crippen LogP contribution in [0.4, 0.5) is 0 Å². The van der Waals surface area contributed by atoms with Gasteiger partial charge < -0.3 is 10.6 Å². The van der Waals surface area contributed by atoms with Crippen molar-refractivity contribution in [2.24, 2.45) is 11.3 Å². The Hall–Kier alpha value is -1.06. The second kappa shape index (κ2) is 4.00. The summed E-state index contributed by atoms with van der Waals surface area (Å²) in [6.45, 7) is 3.96.